The van der Waals surface area contributed by atoms with Gasteiger partial charge in [-0.05, 0) is 81.5 Å². The molecule has 8 heteroatoms. The highest BCUT2D eigenvalue weighted by Crippen LogP contribution is 2.39. The summed E-state index contributed by atoms with van der Waals surface area (Å²) in [7, 11) is -2.35. The van der Waals surface area contributed by atoms with Crippen molar-refractivity contribution in [2.24, 2.45) is 11.8 Å². The van der Waals surface area contributed by atoms with Gasteiger partial charge in [0.2, 0.25) is 21.8 Å². The summed E-state index contributed by atoms with van der Waals surface area (Å²) in [6.45, 7) is 4.02. The lowest BCUT2D eigenvalue weighted by Crippen LogP contribution is -2.43. The second-order valence-electron chi connectivity index (χ2n) is 9.61. The molecule has 2 saturated carbocycles. The largest absolute Gasteiger partial charge is 0.352 e. The molecule has 2 amide bonds. The van der Waals surface area contributed by atoms with E-state index in [1.807, 2.05) is 11.8 Å². The first-order valence-electron chi connectivity index (χ1n) is 11.4. The highest BCUT2D eigenvalue weighted by atomic mass is 32.2. The Bertz CT molecular complexity index is 965. The van der Waals surface area contributed by atoms with Crippen molar-refractivity contribution in [2.45, 2.75) is 75.8 Å². The number of sulfonamides is 1. The number of nitrogens with one attached hydrogen (secondary N) is 1. The topological polar surface area (TPSA) is 86.8 Å². The molecule has 1 heterocycles. The van der Waals surface area contributed by atoms with Crippen molar-refractivity contribution >= 4 is 27.5 Å². The van der Waals surface area contributed by atoms with Crippen molar-refractivity contribution in [3.63, 3.8) is 0 Å². The van der Waals surface area contributed by atoms with Gasteiger partial charge in [-0.15, -0.1) is 0 Å². The number of hydrogen-bond donors (Lipinski definition) is 1. The average Bonchev–Trinajstić information content (AvgIpc) is 3.51. The van der Waals surface area contributed by atoms with E-state index in [0.717, 1.165) is 54.1 Å². The molecule has 1 aromatic rings. The molecule has 7 nitrogen and oxygen atoms in total. The molecule has 0 aromatic heterocycles. The van der Waals surface area contributed by atoms with Crippen LogP contribution < -0.4 is 10.2 Å². The van der Waals surface area contributed by atoms with Crippen molar-refractivity contribution in [3.05, 3.63) is 23.8 Å². The predicted molar refractivity (Wildman–Crippen MR) is 119 cm³/mol. The van der Waals surface area contributed by atoms with Gasteiger partial charge in [0.15, 0.2) is 0 Å². The van der Waals surface area contributed by atoms with Crippen molar-refractivity contribution in [1.82, 2.24) is 9.62 Å². The fourth-order valence-corrected chi connectivity index (χ4v) is 5.95. The molecule has 170 valence electrons. The van der Waals surface area contributed by atoms with Crippen LogP contribution in [-0.4, -0.2) is 50.2 Å². The maximum absolute atomic E-state index is 13.1. The first-order valence-corrected chi connectivity index (χ1v) is 12.8. The van der Waals surface area contributed by atoms with E-state index in [0.29, 0.717) is 12.3 Å². The number of benzene rings is 1. The van der Waals surface area contributed by atoms with Crippen molar-refractivity contribution in [2.75, 3.05) is 18.5 Å². The molecular weight excluding hydrogens is 414 g/mol. The number of carbonyl (C=O) groups is 2. The van der Waals surface area contributed by atoms with Crippen LogP contribution in [0.15, 0.2) is 23.1 Å². The van der Waals surface area contributed by atoms with Crippen molar-refractivity contribution < 1.29 is 18.0 Å². The number of nitrogens with zero attached hydrogens (tertiary/aromatic N) is 2. The third-order valence-electron chi connectivity index (χ3n) is 6.89. The summed E-state index contributed by atoms with van der Waals surface area (Å²) in [5.41, 5.74) is 1.69. The van der Waals surface area contributed by atoms with Crippen molar-refractivity contribution in [3.8, 4) is 0 Å². The van der Waals surface area contributed by atoms with Gasteiger partial charge in [-0.25, -0.2) is 8.42 Å². The molecule has 2 aliphatic carbocycles. The van der Waals surface area contributed by atoms with Crippen LogP contribution in [0.1, 0.15) is 57.9 Å². The Morgan fingerprint density at radius 3 is 2.42 bits per heavy atom. The number of fused-ring (bicyclic) bond motifs is 1. The Labute approximate surface area is 185 Å². The summed E-state index contributed by atoms with van der Waals surface area (Å²) < 4.78 is 27.3. The molecule has 31 heavy (non-hydrogen) atoms. The molecular formula is C23H33N3O4S. The quantitative estimate of drug-likeness (QED) is 0.726. The molecule has 1 aliphatic heterocycles. The molecule has 0 spiro atoms. The molecule has 4 rings (SSSR count). The minimum Gasteiger partial charge on any atom is -0.352 e. The van der Waals surface area contributed by atoms with Crippen LogP contribution in [0.3, 0.4) is 0 Å². The Balaban J connectivity index is 1.43. The predicted octanol–water partition coefficient (Wildman–Crippen LogP) is 2.69. The van der Waals surface area contributed by atoms with E-state index in [1.54, 1.807) is 18.2 Å². The monoisotopic (exact) mass is 447 g/mol. The van der Waals surface area contributed by atoms with E-state index in [9.17, 15) is 18.0 Å². The number of amides is 2. The molecule has 2 fully saturated rings. The first kappa shape index (κ1) is 22.3. The second kappa shape index (κ2) is 8.54. The van der Waals surface area contributed by atoms with Crippen molar-refractivity contribution in [1.29, 1.82) is 0 Å². The standard InChI is InChI=1S/C23H33N3O4S/c1-15-4-8-19(9-5-15)24-22(27)14-25(3)31(29,30)20-10-11-21-18(13-20)12-16(2)26(21)23(28)17-6-7-17/h10-11,13,15-17,19H,4-9,12,14H2,1-3H3,(H,24,27)/t15?,16-,19?/m1/s1. The minimum atomic E-state index is -3.80. The van der Waals surface area contributed by atoms with E-state index >= 15 is 0 Å². The van der Waals surface area contributed by atoms with Gasteiger partial charge in [0, 0.05) is 30.7 Å². The Morgan fingerprint density at radius 1 is 1.10 bits per heavy atom. The molecule has 1 atom stereocenters. The summed E-state index contributed by atoms with van der Waals surface area (Å²) >= 11 is 0. The number of carbonyl (C=O) groups excluding carboxylic acids is 2. The van der Waals surface area contributed by atoms with Crippen LogP contribution in [0.4, 0.5) is 5.69 Å². The fraction of sp³-hybridized carbons (Fsp3) is 0.652. The number of anilines is 1. The Hall–Kier alpha value is -1.93. The lowest BCUT2D eigenvalue weighted by molar-refractivity contribution is -0.122. The van der Waals surface area contributed by atoms with Crippen LogP contribution in [-0.2, 0) is 26.0 Å². The van der Waals surface area contributed by atoms with Crippen LogP contribution in [0.2, 0.25) is 0 Å². The average molecular weight is 448 g/mol. The summed E-state index contributed by atoms with van der Waals surface area (Å²) in [5, 5.41) is 2.99. The zero-order chi connectivity index (χ0) is 22.3. The number of rotatable bonds is 6. The molecule has 1 aromatic carbocycles. The van der Waals surface area contributed by atoms with Gasteiger partial charge < -0.3 is 10.2 Å². The molecule has 0 unspecified atom stereocenters. The smallest absolute Gasteiger partial charge is 0.243 e. The maximum atomic E-state index is 13.1. The summed E-state index contributed by atoms with van der Waals surface area (Å²) in [6, 6.07) is 5.12. The lowest BCUT2D eigenvalue weighted by Gasteiger charge is -2.27. The van der Waals surface area contributed by atoms with Gasteiger partial charge >= 0.3 is 0 Å². The Kier molecular flexibility index (Phi) is 6.14. The summed E-state index contributed by atoms with van der Waals surface area (Å²) in [6.07, 6.45) is 6.60. The zero-order valence-electron chi connectivity index (χ0n) is 18.6. The van der Waals surface area contributed by atoms with E-state index in [-0.39, 0.29) is 41.3 Å². The molecule has 0 radical (unpaired) electrons. The van der Waals surface area contributed by atoms with Gasteiger partial charge in [0.05, 0.1) is 11.4 Å². The van der Waals surface area contributed by atoms with Gasteiger partial charge in [-0.3, -0.25) is 9.59 Å². The highest BCUT2D eigenvalue weighted by Gasteiger charge is 2.40. The van der Waals surface area contributed by atoms with E-state index < -0.39 is 10.0 Å². The normalized spacial score (nSPS) is 26.1. The third-order valence-corrected chi connectivity index (χ3v) is 8.69. The molecule has 0 saturated heterocycles. The van der Waals surface area contributed by atoms with E-state index in [2.05, 4.69) is 12.2 Å². The summed E-state index contributed by atoms with van der Waals surface area (Å²) in [5.74, 6) is 0.692. The molecule has 3 aliphatic rings. The minimum absolute atomic E-state index is 0.0303. The summed E-state index contributed by atoms with van der Waals surface area (Å²) in [4.78, 5) is 27.1. The maximum Gasteiger partial charge on any atom is 0.243 e. The van der Waals surface area contributed by atoms with Crippen LogP contribution in [0, 0.1) is 11.8 Å². The first-order chi connectivity index (χ1) is 14.7. The number of likely N-dealkylation sites (N-methyl/N-ethyl adjacent to an activating group) is 1. The van der Waals surface area contributed by atoms with Crippen LogP contribution in [0.25, 0.3) is 0 Å². The zero-order valence-corrected chi connectivity index (χ0v) is 19.5. The van der Waals surface area contributed by atoms with Gasteiger partial charge in [0.25, 0.3) is 0 Å². The fourth-order valence-electron chi connectivity index (χ4n) is 4.78. The third kappa shape index (κ3) is 4.65. The van der Waals surface area contributed by atoms with E-state index in [1.165, 1.54) is 7.05 Å². The van der Waals surface area contributed by atoms with E-state index in [4.69, 9.17) is 0 Å². The van der Waals surface area contributed by atoms with Crippen LogP contribution >= 0.6 is 0 Å². The Morgan fingerprint density at radius 2 is 1.77 bits per heavy atom. The number of hydrogen-bond acceptors (Lipinski definition) is 4. The molecule has 1 N–H and O–H groups in total. The van der Waals surface area contributed by atoms with Gasteiger partial charge in [-0.1, -0.05) is 6.92 Å². The van der Waals surface area contributed by atoms with Crippen LogP contribution in [0.5, 0.6) is 0 Å². The highest BCUT2D eigenvalue weighted by molar-refractivity contribution is 7.89. The van der Waals surface area contributed by atoms with Gasteiger partial charge in [-0.2, -0.15) is 4.31 Å². The SMILES string of the molecule is CC1CCC(NC(=O)CN(C)S(=O)(=O)c2ccc3c(c2)C[C@@H](C)N3C(=O)C2CC2)CC1. The molecule has 0 bridgehead atoms. The second-order valence-corrected chi connectivity index (χ2v) is 11.7. The van der Waals surface area contributed by atoms with Gasteiger partial charge in [0.1, 0.15) is 0 Å². The lowest BCUT2D eigenvalue weighted by atomic mass is 9.87.